The first kappa shape index (κ1) is 19.4. The molecule has 0 bridgehead atoms. The summed E-state index contributed by atoms with van der Waals surface area (Å²) in [6, 6.07) is 6.88. The van der Waals surface area contributed by atoms with Crippen LogP contribution in [-0.2, 0) is 16.0 Å². The third kappa shape index (κ3) is 3.81. The Bertz CT molecular complexity index is 821. The van der Waals surface area contributed by atoms with Crippen LogP contribution in [-0.4, -0.2) is 79.3 Å². The normalized spacial score (nSPS) is 31.8. The molecule has 2 aromatic rings. The molecule has 2 saturated heterocycles. The van der Waals surface area contributed by atoms with Crippen molar-refractivity contribution < 1.29 is 14.1 Å². The minimum absolute atomic E-state index is 0.270. The average Bonchev–Trinajstić information content (AvgIpc) is 3.24. The Morgan fingerprint density at radius 2 is 2.07 bits per heavy atom. The van der Waals surface area contributed by atoms with Crippen LogP contribution < -0.4 is 0 Å². The molecule has 1 aromatic carbocycles. The molecule has 0 N–H and O–H groups in total. The summed E-state index contributed by atoms with van der Waals surface area (Å²) in [6.45, 7) is 7.96. The number of rotatable bonds is 5. The van der Waals surface area contributed by atoms with Crippen molar-refractivity contribution in [3.63, 3.8) is 0 Å². The second kappa shape index (κ2) is 8.30. The highest BCUT2D eigenvalue weighted by Crippen LogP contribution is 2.48. The molecule has 3 aliphatic rings. The molecule has 1 aliphatic carbocycles. The van der Waals surface area contributed by atoms with Crippen molar-refractivity contribution in [3.8, 4) is 0 Å². The third-order valence-corrected chi connectivity index (χ3v) is 7.49. The van der Waals surface area contributed by atoms with Crippen molar-refractivity contribution in [2.75, 3.05) is 53.1 Å². The fourth-order valence-corrected chi connectivity index (χ4v) is 6.01. The Morgan fingerprint density at radius 3 is 2.93 bits per heavy atom. The lowest BCUT2D eigenvalue weighted by Crippen LogP contribution is -2.56. The second-order valence-corrected chi connectivity index (χ2v) is 9.12. The van der Waals surface area contributed by atoms with Crippen molar-refractivity contribution in [2.24, 2.45) is 11.3 Å². The molecular weight excluding hydrogens is 368 g/mol. The maximum Gasteiger partial charge on any atom is 0.139 e. The summed E-state index contributed by atoms with van der Waals surface area (Å²) in [5.41, 5.74) is 3.21. The number of benzene rings is 1. The summed E-state index contributed by atoms with van der Waals surface area (Å²) in [4.78, 5) is 5.26. The van der Waals surface area contributed by atoms with Gasteiger partial charge in [-0.05, 0) is 60.1 Å². The minimum atomic E-state index is 0.270. The predicted molar refractivity (Wildman–Crippen MR) is 110 cm³/mol. The van der Waals surface area contributed by atoms with Crippen LogP contribution in [0.4, 0.5) is 0 Å². The fraction of sp³-hybridized carbons (Fsp3) is 0.727. The van der Waals surface area contributed by atoms with Gasteiger partial charge in [0.05, 0.1) is 19.8 Å². The number of nitrogens with zero attached hydrogens (tertiary/aromatic N) is 4. The Balaban J connectivity index is 1.30. The van der Waals surface area contributed by atoms with Gasteiger partial charge in [-0.3, -0.25) is 9.80 Å². The fourth-order valence-electron chi connectivity index (χ4n) is 6.01. The van der Waals surface area contributed by atoms with Crippen LogP contribution >= 0.6 is 0 Å². The quantitative estimate of drug-likeness (QED) is 0.764. The number of aromatic nitrogens is 2. The lowest BCUT2D eigenvalue weighted by Gasteiger charge is -2.54. The zero-order chi connectivity index (χ0) is 19.7. The smallest absolute Gasteiger partial charge is 0.139 e. The first-order valence-electron chi connectivity index (χ1n) is 11.0. The van der Waals surface area contributed by atoms with E-state index >= 15 is 0 Å². The molecule has 29 heavy (non-hydrogen) atoms. The highest BCUT2D eigenvalue weighted by atomic mass is 16.6. The van der Waals surface area contributed by atoms with E-state index in [1.165, 1.54) is 31.2 Å². The molecule has 1 aromatic heterocycles. The SMILES string of the molecule is COC[C@@]12CC[C@@H](N3CCOCC3)C[C@H]1CCN(Cc1cccc3nonc13)C2. The number of hydrogen-bond acceptors (Lipinski definition) is 7. The average molecular weight is 401 g/mol. The number of piperidine rings is 1. The van der Waals surface area contributed by atoms with Crippen LogP contribution in [0.1, 0.15) is 31.2 Å². The van der Waals surface area contributed by atoms with E-state index in [1.807, 2.05) is 19.2 Å². The number of methoxy groups -OCH3 is 1. The van der Waals surface area contributed by atoms with Gasteiger partial charge in [0.1, 0.15) is 11.0 Å². The van der Waals surface area contributed by atoms with Crippen molar-refractivity contribution in [2.45, 2.75) is 38.3 Å². The molecule has 3 heterocycles. The maximum atomic E-state index is 5.78. The van der Waals surface area contributed by atoms with E-state index < -0.39 is 0 Å². The Kier molecular flexibility index (Phi) is 5.56. The van der Waals surface area contributed by atoms with Crippen LogP contribution in [0.3, 0.4) is 0 Å². The minimum Gasteiger partial charge on any atom is -0.384 e. The summed E-state index contributed by atoms with van der Waals surface area (Å²) in [5.74, 6) is 0.741. The molecule has 1 saturated carbocycles. The molecule has 3 fully saturated rings. The Hall–Kier alpha value is -1.54. The molecule has 3 atom stereocenters. The van der Waals surface area contributed by atoms with Crippen molar-refractivity contribution in [1.29, 1.82) is 0 Å². The topological polar surface area (TPSA) is 63.9 Å². The number of morpholine rings is 1. The Labute approximate surface area is 172 Å². The molecule has 0 unspecified atom stereocenters. The highest BCUT2D eigenvalue weighted by molar-refractivity contribution is 5.76. The lowest BCUT2D eigenvalue weighted by molar-refractivity contribution is -0.0870. The molecule has 5 rings (SSSR count). The maximum absolute atomic E-state index is 5.78. The standard InChI is InChI=1S/C22H32N4O3/c1-27-16-22-7-5-19(26-9-11-28-12-10-26)13-18(22)6-8-25(15-22)14-17-3-2-4-20-21(17)24-29-23-20/h2-4,18-19H,5-16H2,1H3/t18-,19-,22+/m1/s1. The van der Waals surface area contributed by atoms with E-state index in [9.17, 15) is 0 Å². The molecule has 0 spiro atoms. The van der Waals surface area contributed by atoms with Crippen LogP contribution in [0.25, 0.3) is 11.0 Å². The van der Waals surface area contributed by atoms with Crippen LogP contribution in [0, 0.1) is 11.3 Å². The zero-order valence-electron chi connectivity index (χ0n) is 17.4. The molecule has 0 amide bonds. The van der Waals surface area contributed by atoms with E-state index in [4.69, 9.17) is 14.1 Å². The van der Waals surface area contributed by atoms with Gasteiger partial charge in [0, 0.05) is 44.7 Å². The summed E-state index contributed by atoms with van der Waals surface area (Å²) < 4.78 is 16.3. The summed E-state index contributed by atoms with van der Waals surface area (Å²) in [5, 5.41) is 8.12. The number of fused-ring (bicyclic) bond motifs is 2. The van der Waals surface area contributed by atoms with Gasteiger partial charge in [0.15, 0.2) is 0 Å². The van der Waals surface area contributed by atoms with Crippen LogP contribution in [0.15, 0.2) is 22.8 Å². The number of likely N-dealkylation sites (tertiary alicyclic amines) is 1. The van der Waals surface area contributed by atoms with Crippen molar-refractivity contribution in [3.05, 3.63) is 23.8 Å². The van der Waals surface area contributed by atoms with Gasteiger partial charge >= 0.3 is 0 Å². The van der Waals surface area contributed by atoms with Gasteiger partial charge in [0.25, 0.3) is 0 Å². The van der Waals surface area contributed by atoms with Gasteiger partial charge in [-0.25, -0.2) is 4.63 Å². The molecule has 2 aliphatic heterocycles. The van der Waals surface area contributed by atoms with E-state index in [0.717, 1.165) is 75.5 Å². The third-order valence-electron chi connectivity index (χ3n) is 7.49. The lowest BCUT2D eigenvalue weighted by atomic mass is 9.61. The van der Waals surface area contributed by atoms with Gasteiger partial charge in [-0.2, -0.15) is 0 Å². The van der Waals surface area contributed by atoms with Gasteiger partial charge < -0.3 is 9.47 Å². The monoisotopic (exact) mass is 400 g/mol. The number of ether oxygens (including phenoxy) is 2. The van der Waals surface area contributed by atoms with Gasteiger partial charge in [-0.1, -0.05) is 12.1 Å². The first-order chi connectivity index (χ1) is 14.3. The van der Waals surface area contributed by atoms with Crippen LogP contribution in [0.5, 0.6) is 0 Å². The van der Waals surface area contributed by atoms with Crippen molar-refractivity contribution >= 4 is 11.0 Å². The molecule has 7 heteroatoms. The van der Waals surface area contributed by atoms with Crippen LogP contribution in [0.2, 0.25) is 0 Å². The van der Waals surface area contributed by atoms with Gasteiger partial charge in [-0.15, -0.1) is 0 Å². The molecule has 0 radical (unpaired) electrons. The Morgan fingerprint density at radius 1 is 1.17 bits per heavy atom. The summed E-state index contributed by atoms with van der Waals surface area (Å²) in [6.07, 6.45) is 5.08. The predicted octanol–water partition coefficient (Wildman–Crippen LogP) is 2.56. The molecule has 7 nitrogen and oxygen atoms in total. The summed E-state index contributed by atoms with van der Waals surface area (Å²) >= 11 is 0. The van der Waals surface area contributed by atoms with Crippen molar-refractivity contribution in [1.82, 2.24) is 20.1 Å². The second-order valence-electron chi connectivity index (χ2n) is 9.12. The van der Waals surface area contributed by atoms with E-state index in [2.05, 4.69) is 26.2 Å². The number of hydrogen-bond donors (Lipinski definition) is 0. The first-order valence-corrected chi connectivity index (χ1v) is 11.0. The molecule has 158 valence electrons. The highest BCUT2D eigenvalue weighted by Gasteiger charge is 2.47. The van der Waals surface area contributed by atoms with E-state index in [0.29, 0.717) is 0 Å². The van der Waals surface area contributed by atoms with Gasteiger partial charge in [0.2, 0.25) is 0 Å². The van der Waals surface area contributed by atoms with E-state index in [1.54, 1.807) is 0 Å². The zero-order valence-corrected chi connectivity index (χ0v) is 17.4. The van der Waals surface area contributed by atoms with E-state index in [-0.39, 0.29) is 5.41 Å². The largest absolute Gasteiger partial charge is 0.384 e. The molecular formula is C22H32N4O3. The summed E-state index contributed by atoms with van der Waals surface area (Å²) in [7, 11) is 1.86.